The molecule has 0 saturated heterocycles. The fraction of sp³-hybridized carbons (Fsp3) is 0.0714. The van der Waals surface area contributed by atoms with Crippen molar-refractivity contribution in [3.8, 4) is 23.2 Å². The zero-order chi connectivity index (χ0) is 16.2. The standard InChI is InChI=1S/C14H11N5O4/c1-22-10-4-2-3-5-11(10)23-14-12(19(20)21)13(16-8-17-14)18-7-6-15-9-18/h2-9H,1H3. The second-order valence-corrected chi connectivity index (χ2v) is 4.33. The van der Waals surface area contributed by atoms with E-state index in [1.807, 2.05) is 0 Å². The van der Waals surface area contributed by atoms with Crippen molar-refractivity contribution in [3.05, 3.63) is 59.4 Å². The fourth-order valence-electron chi connectivity index (χ4n) is 1.97. The number of imidazole rings is 1. The van der Waals surface area contributed by atoms with Gasteiger partial charge in [0, 0.05) is 12.4 Å². The maximum absolute atomic E-state index is 11.5. The van der Waals surface area contributed by atoms with Crippen LogP contribution in [0.5, 0.6) is 17.4 Å². The Kier molecular flexibility index (Phi) is 3.83. The van der Waals surface area contributed by atoms with Crippen LogP contribution in [-0.2, 0) is 0 Å². The van der Waals surface area contributed by atoms with Gasteiger partial charge in [0.15, 0.2) is 11.5 Å². The molecular weight excluding hydrogens is 302 g/mol. The first kappa shape index (κ1) is 14.4. The van der Waals surface area contributed by atoms with Crippen LogP contribution in [0.4, 0.5) is 5.69 Å². The first-order chi connectivity index (χ1) is 11.2. The Balaban J connectivity index is 2.09. The van der Waals surface area contributed by atoms with Crippen LogP contribution in [0.25, 0.3) is 5.82 Å². The van der Waals surface area contributed by atoms with Crippen LogP contribution in [0.3, 0.4) is 0 Å². The molecular formula is C14H11N5O4. The van der Waals surface area contributed by atoms with E-state index in [2.05, 4.69) is 15.0 Å². The lowest BCUT2D eigenvalue weighted by molar-refractivity contribution is -0.386. The summed E-state index contributed by atoms with van der Waals surface area (Å²) in [5, 5.41) is 11.5. The molecule has 0 aliphatic rings. The third-order valence-corrected chi connectivity index (χ3v) is 2.98. The van der Waals surface area contributed by atoms with Crippen LogP contribution in [-0.4, -0.2) is 31.6 Å². The highest BCUT2D eigenvalue weighted by Crippen LogP contribution is 2.36. The van der Waals surface area contributed by atoms with Crippen molar-refractivity contribution in [2.75, 3.05) is 7.11 Å². The maximum Gasteiger partial charge on any atom is 0.374 e. The van der Waals surface area contributed by atoms with E-state index >= 15 is 0 Å². The molecule has 0 aliphatic carbocycles. The normalized spacial score (nSPS) is 10.3. The van der Waals surface area contributed by atoms with Gasteiger partial charge in [-0.2, -0.15) is 4.98 Å². The summed E-state index contributed by atoms with van der Waals surface area (Å²) in [6.45, 7) is 0. The highest BCUT2D eigenvalue weighted by molar-refractivity contribution is 5.55. The Morgan fingerprint density at radius 3 is 2.65 bits per heavy atom. The number of ether oxygens (including phenoxy) is 2. The molecule has 2 heterocycles. The van der Waals surface area contributed by atoms with Crippen molar-refractivity contribution < 1.29 is 14.4 Å². The van der Waals surface area contributed by atoms with E-state index in [-0.39, 0.29) is 17.4 Å². The van der Waals surface area contributed by atoms with Gasteiger partial charge in [-0.15, -0.1) is 0 Å². The van der Waals surface area contributed by atoms with Gasteiger partial charge in [-0.25, -0.2) is 9.97 Å². The summed E-state index contributed by atoms with van der Waals surface area (Å²) in [5.74, 6) is 0.628. The number of benzene rings is 1. The zero-order valence-electron chi connectivity index (χ0n) is 12.0. The predicted octanol–water partition coefficient (Wildman–Crippen LogP) is 2.37. The summed E-state index contributed by atoms with van der Waals surface area (Å²) < 4.78 is 12.2. The van der Waals surface area contributed by atoms with Crippen LogP contribution in [0.1, 0.15) is 0 Å². The number of hydrogen-bond donors (Lipinski definition) is 0. The van der Waals surface area contributed by atoms with Crippen molar-refractivity contribution in [3.63, 3.8) is 0 Å². The van der Waals surface area contributed by atoms with Crippen molar-refractivity contribution in [1.29, 1.82) is 0 Å². The molecule has 0 unspecified atom stereocenters. The summed E-state index contributed by atoms with van der Waals surface area (Å²) in [5.41, 5.74) is -0.364. The number of hydrogen-bond acceptors (Lipinski definition) is 7. The average Bonchev–Trinajstić information content (AvgIpc) is 3.09. The first-order valence-corrected chi connectivity index (χ1v) is 6.49. The molecule has 2 aromatic heterocycles. The van der Waals surface area contributed by atoms with Gasteiger partial charge in [-0.1, -0.05) is 12.1 Å². The lowest BCUT2D eigenvalue weighted by Gasteiger charge is -2.10. The summed E-state index contributed by atoms with van der Waals surface area (Å²) in [7, 11) is 1.48. The smallest absolute Gasteiger partial charge is 0.374 e. The van der Waals surface area contributed by atoms with Gasteiger partial charge in [0.05, 0.1) is 12.0 Å². The highest BCUT2D eigenvalue weighted by Gasteiger charge is 2.26. The van der Waals surface area contributed by atoms with Gasteiger partial charge in [0.2, 0.25) is 5.82 Å². The van der Waals surface area contributed by atoms with Gasteiger partial charge < -0.3 is 9.47 Å². The summed E-state index contributed by atoms with van der Waals surface area (Å²) in [6, 6.07) is 6.79. The van der Waals surface area contributed by atoms with Gasteiger partial charge >= 0.3 is 11.6 Å². The molecule has 0 saturated carbocycles. The van der Waals surface area contributed by atoms with E-state index in [9.17, 15) is 10.1 Å². The SMILES string of the molecule is COc1ccccc1Oc1ncnc(-n2ccnc2)c1[N+](=O)[O-]. The predicted molar refractivity (Wildman–Crippen MR) is 78.9 cm³/mol. The maximum atomic E-state index is 11.5. The molecule has 23 heavy (non-hydrogen) atoms. The lowest BCUT2D eigenvalue weighted by Crippen LogP contribution is -2.05. The molecule has 9 nitrogen and oxygen atoms in total. The van der Waals surface area contributed by atoms with Crippen LogP contribution in [0, 0.1) is 10.1 Å². The van der Waals surface area contributed by atoms with E-state index in [0.29, 0.717) is 11.5 Å². The first-order valence-electron chi connectivity index (χ1n) is 6.49. The number of nitro groups is 1. The average molecular weight is 313 g/mol. The molecule has 116 valence electrons. The number of methoxy groups -OCH3 is 1. The number of aromatic nitrogens is 4. The van der Waals surface area contributed by atoms with E-state index < -0.39 is 4.92 Å². The second kappa shape index (κ2) is 6.10. The second-order valence-electron chi connectivity index (χ2n) is 4.33. The molecule has 3 aromatic rings. The molecule has 1 aromatic carbocycles. The molecule has 0 aliphatic heterocycles. The zero-order valence-corrected chi connectivity index (χ0v) is 12.0. The topological polar surface area (TPSA) is 105 Å². The van der Waals surface area contributed by atoms with Crippen molar-refractivity contribution in [2.24, 2.45) is 0 Å². The van der Waals surface area contributed by atoms with Gasteiger partial charge in [-0.05, 0) is 12.1 Å². The number of rotatable bonds is 5. The minimum absolute atomic E-state index is 0.0624. The van der Waals surface area contributed by atoms with Gasteiger partial charge in [0.1, 0.15) is 12.7 Å². The largest absolute Gasteiger partial charge is 0.493 e. The molecule has 0 spiro atoms. The third-order valence-electron chi connectivity index (χ3n) is 2.98. The van der Waals surface area contributed by atoms with Crippen molar-refractivity contribution in [2.45, 2.75) is 0 Å². The molecule has 0 N–H and O–H groups in total. The van der Waals surface area contributed by atoms with Crippen LogP contribution in [0.2, 0.25) is 0 Å². The lowest BCUT2D eigenvalue weighted by atomic mass is 10.3. The Hall–Kier alpha value is -3.49. The third kappa shape index (κ3) is 2.79. The highest BCUT2D eigenvalue weighted by atomic mass is 16.6. The quantitative estimate of drug-likeness (QED) is 0.526. The van der Waals surface area contributed by atoms with Crippen LogP contribution < -0.4 is 9.47 Å². The monoisotopic (exact) mass is 313 g/mol. The fourth-order valence-corrected chi connectivity index (χ4v) is 1.97. The van der Waals surface area contributed by atoms with Crippen LogP contribution in [0.15, 0.2) is 49.3 Å². The Labute approximate surface area is 130 Å². The molecule has 9 heteroatoms. The molecule has 0 amide bonds. The molecule has 0 bridgehead atoms. The minimum Gasteiger partial charge on any atom is -0.493 e. The summed E-state index contributed by atoms with van der Waals surface area (Å²) in [4.78, 5) is 22.5. The van der Waals surface area contributed by atoms with E-state index in [1.54, 1.807) is 30.5 Å². The Morgan fingerprint density at radius 1 is 1.22 bits per heavy atom. The van der Waals surface area contributed by atoms with Crippen molar-refractivity contribution in [1.82, 2.24) is 19.5 Å². The molecule has 0 radical (unpaired) electrons. The number of para-hydroxylation sites is 2. The summed E-state index contributed by atoms with van der Waals surface area (Å²) in [6.07, 6.45) is 5.63. The van der Waals surface area contributed by atoms with E-state index in [4.69, 9.17) is 9.47 Å². The molecule has 3 rings (SSSR count). The number of nitrogens with zero attached hydrogens (tertiary/aromatic N) is 5. The van der Waals surface area contributed by atoms with Gasteiger partial charge in [0.25, 0.3) is 0 Å². The van der Waals surface area contributed by atoms with E-state index in [0.717, 1.165) is 0 Å². The summed E-state index contributed by atoms with van der Waals surface area (Å²) >= 11 is 0. The van der Waals surface area contributed by atoms with Crippen molar-refractivity contribution >= 4 is 5.69 Å². The van der Waals surface area contributed by atoms with E-state index in [1.165, 1.54) is 30.5 Å². The molecule has 0 atom stereocenters. The Bertz CT molecular complexity index is 835. The minimum atomic E-state index is -0.597. The molecule has 0 fully saturated rings. The van der Waals surface area contributed by atoms with Crippen LogP contribution >= 0.6 is 0 Å². The Morgan fingerprint density at radius 2 is 2.00 bits per heavy atom. The van der Waals surface area contributed by atoms with Gasteiger partial charge in [-0.3, -0.25) is 14.7 Å².